The Morgan fingerprint density at radius 1 is 0.974 bits per heavy atom. The van der Waals surface area contributed by atoms with Crippen LogP contribution in [0.4, 0.5) is 0 Å². The standard InChI is InChI=1S/C30H30N2O7/c1-3-13-37-22-7-5-20(16-24(22)36-4-2)27-26(28(33)21-6-8-23-25(17-21)39-15-14-38-23)29(34)30(35)32(27)18-19-9-11-31-12-10-19/h5-12,16-17,27,33H,3-4,13-15,18H2,1-2H3/t27-/m1/s1. The topological polar surface area (TPSA) is 107 Å². The molecule has 0 unspecified atom stereocenters. The van der Waals surface area contributed by atoms with Crippen LogP contribution in [0.15, 0.2) is 66.5 Å². The van der Waals surface area contributed by atoms with E-state index in [0.717, 1.165) is 12.0 Å². The Labute approximate surface area is 226 Å². The van der Waals surface area contributed by atoms with Crippen LogP contribution in [0.5, 0.6) is 23.0 Å². The molecule has 2 aromatic carbocycles. The lowest BCUT2D eigenvalue weighted by Crippen LogP contribution is -2.29. The zero-order valence-electron chi connectivity index (χ0n) is 21.9. The van der Waals surface area contributed by atoms with Gasteiger partial charge in [0.1, 0.15) is 19.0 Å². The summed E-state index contributed by atoms with van der Waals surface area (Å²) in [4.78, 5) is 32.4. The van der Waals surface area contributed by atoms with Crippen LogP contribution in [0.2, 0.25) is 0 Å². The molecule has 9 nitrogen and oxygen atoms in total. The highest BCUT2D eigenvalue weighted by Gasteiger charge is 2.46. The van der Waals surface area contributed by atoms with E-state index in [1.165, 1.54) is 4.90 Å². The summed E-state index contributed by atoms with van der Waals surface area (Å²) in [6.07, 6.45) is 4.08. The summed E-state index contributed by atoms with van der Waals surface area (Å²) in [5.74, 6) is 0.306. The van der Waals surface area contributed by atoms with Crippen molar-refractivity contribution in [2.75, 3.05) is 26.4 Å². The molecule has 0 aliphatic carbocycles. The number of fused-ring (bicyclic) bond motifs is 1. The number of carbonyl (C=O) groups excluding carboxylic acids is 2. The first-order chi connectivity index (χ1) is 19.0. The van der Waals surface area contributed by atoms with E-state index in [2.05, 4.69) is 4.98 Å². The molecular weight excluding hydrogens is 500 g/mol. The third-order valence-corrected chi connectivity index (χ3v) is 6.50. The summed E-state index contributed by atoms with van der Waals surface area (Å²) >= 11 is 0. The number of aliphatic hydroxyl groups excluding tert-OH is 1. The van der Waals surface area contributed by atoms with Gasteiger partial charge in [0.2, 0.25) is 0 Å². The van der Waals surface area contributed by atoms with Gasteiger partial charge in [-0.1, -0.05) is 13.0 Å². The molecule has 1 aromatic heterocycles. The smallest absolute Gasteiger partial charge is 0.295 e. The maximum atomic E-state index is 13.5. The highest BCUT2D eigenvalue weighted by Crippen LogP contribution is 2.43. The van der Waals surface area contributed by atoms with Gasteiger partial charge in [-0.25, -0.2) is 0 Å². The number of pyridine rings is 1. The molecule has 5 rings (SSSR count). The minimum atomic E-state index is -0.870. The van der Waals surface area contributed by atoms with Crippen molar-refractivity contribution in [2.24, 2.45) is 0 Å². The maximum absolute atomic E-state index is 13.5. The van der Waals surface area contributed by atoms with Gasteiger partial charge in [-0.05, 0) is 66.9 Å². The van der Waals surface area contributed by atoms with Crippen LogP contribution in [-0.4, -0.2) is 53.1 Å². The van der Waals surface area contributed by atoms with Crippen molar-refractivity contribution in [1.29, 1.82) is 0 Å². The number of ketones is 1. The molecule has 39 heavy (non-hydrogen) atoms. The Bertz CT molecular complexity index is 1400. The van der Waals surface area contributed by atoms with E-state index in [4.69, 9.17) is 18.9 Å². The summed E-state index contributed by atoms with van der Waals surface area (Å²) in [6.45, 7) is 5.75. The fourth-order valence-corrected chi connectivity index (χ4v) is 4.71. The number of aromatic nitrogens is 1. The van der Waals surface area contributed by atoms with E-state index < -0.39 is 17.7 Å². The Morgan fingerprint density at radius 3 is 2.49 bits per heavy atom. The first-order valence-corrected chi connectivity index (χ1v) is 13.0. The second-order valence-corrected chi connectivity index (χ2v) is 9.13. The molecule has 1 atom stereocenters. The van der Waals surface area contributed by atoms with Gasteiger partial charge in [0.25, 0.3) is 11.7 Å². The number of Topliss-reactive ketones (excluding diaryl/α,β-unsaturated/α-hetero) is 1. The quantitative estimate of drug-likeness (QED) is 0.242. The molecule has 1 saturated heterocycles. The summed E-state index contributed by atoms with van der Waals surface area (Å²) < 4.78 is 23.0. The number of likely N-dealkylation sites (tertiary alicyclic amines) is 1. The average molecular weight is 531 g/mol. The molecule has 0 spiro atoms. The minimum Gasteiger partial charge on any atom is -0.507 e. The Hall–Kier alpha value is -4.53. The van der Waals surface area contributed by atoms with Gasteiger partial charge in [-0.3, -0.25) is 14.6 Å². The third-order valence-electron chi connectivity index (χ3n) is 6.50. The molecule has 9 heteroatoms. The lowest BCUT2D eigenvalue weighted by molar-refractivity contribution is -0.140. The summed E-state index contributed by atoms with van der Waals surface area (Å²) in [6, 6.07) is 13.0. The van der Waals surface area contributed by atoms with Crippen LogP contribution in [0.3, 0.4) is 0 Å². The number of hydrogen-bond donors (Lipinski definition) is 1. The van der Waals surface area contributed by atoms with E-state index in [1.807, 2.05) is 13.8 Å². The van der Waals surface area contributed by atoms with Crippen molar-refractivity contribution >= 4 is 17.4 Å². The van der Waals surface area contributed by atoms with Crippen LogP contribution >= 0.6 is 0 Å². The Morgan fingerprint density at radius 2 is 1.74 bits per heavy atom. The molecule has 1 fully saturated rings. The van der Waals surface area contributed by atoms with E-state index in [0.29, 0.717) is 60.6 Å². The predicted octanol–water partition coefficient (Wildman–Crippen LogP) is 4.66. The number of carbonyl (C=O) groups is 2. The van der Waals surface area contributed by atoms with Crippen molar-refractivity contribution in [2.45, 2.75) is 32.9 Å². The summed E-state index contributed by atoms with van der Waals surface area (Å²) in [5.41, 5.74) is 1.73. The molecule has 1 amide bonds. The van der Waals surface area contributed by atoms with Gasteiger partial charge in [0.05, 0.1) is 24.8 Å². The first kappa shape index (κ1) is 26.1. The predicted molar refractivity (Wildman–Crippen MR) is 143 cm³/mol. The largest absolute Gasteiger partial charge is 0.507 e. The molecule has 202 valence electrons. The van der Waals surface area contributed by atoms with E-state index in [9.17, 15) is 14.7 Å². The molecule has 0 radical (unpaired) electrons. The highest BCUT2D eigenvalue weighted by atomic mass is 16.6. The van der Waals surface area contributed by atoms with E-state index in [-0.39, 0.29) is 17.9 Å². The fraction of sp³-hybridized carbons (Fsp3) is 0.300. The van der Waals surface area contributed by atoms with Crippen LogP contribution < -0.4 is 18.9 Å². The second-order valence-electron chi connectivity index (χ2n) is 9.13. The van der Waals surface area contributed by atoms with Crippen molar-refractivity contribution in [3.8, 4) is 23.0 Å². The Balaban J connectivity index is 1.63. The number of nitrogens with zero attached hydrogens (tertiary/aromatic N) is 2. The molecule has 3 heterocycles. The van der Waals surface area contributed by atoms with Gasteiger partial charge < -0.3 is 29.0 Å². The minimum absolute atomic E-state index is 0.0181. The number of hydrogen-bond acceptors (Lipinski definition) is 8. The normalized spacial score (nSPS) is 17.8. The SMILES string of the molecule is CCCOc1ccc([C@@H]2C(=C(O)c3ccc4c(c3)OCCO4)C(=O)C(=O)N2Cc2ccncc2)cc1OCC. The van der Waals surface area contributed by atoms with Gasteiger partial charge >= 0.3 is 0 Å². The number of aliphatic hydroxyl groups is 1. The Kier molecular flexibility index (Phi) is 7.67. The molecule has 2 aliphatic heterocycles. The molecule has 0 bridgehead atoms. The van der Waals surface area contributed by atoms with E-state index in [1.54, 1.807) is 60.9 Å². The highest BCUT2D eigenvalue weighted by molar-refractivity contribution is 6.46. The summed E-state index contributed by atoms with van der Waals surface area (Å²) in [5, 5.41) is 11.5. The van der Waals surface area contributed by atoms with Crippen molar-refractivity contribution in [3.05, 3.63) is 83.2 Å². The zero-order valence-corrected chi connectivity index (χ0v) is 21.9. The molecule has 0 saturated carbocycles. The van der Waals surface area contributed by atoms with Gasteiger partial charge in [0.15, 0.2) is 23.0 Å². The molecule has 3 aromatic rings. The van der Waals surface area contributed by atoms with Crippen molar-refractivity contribution in [3.63, 3.8) is 0 Å². The fourth-order valence-electron chi connectivity index (χ4n) is 4.71. The second kappa shape index (κ2) is 11.5. The molecule has 1 N–H and O–H groups in total. The number of amides is 1. The molecular formula is C30H30N2O7. The van der Waals surface area contributed by atoms with Crippen LogP contribution in [0.1, 0.15) is 43.0 Å². The third kappa shape index (κ3) is 5.25. The first-order valence-electron chi connectivity index (χ1n) is 13.0. The summed E-state index contributed by atoms with van der Waals surface area (Å²) in [7, 11) is 0. The number of ether oxygens (including phenoxy) is 4. The van der Waals surface area contributed by atoms with Crippen LogP contribution in [-0.2, 0) is 16.1 Å². The maximum Gasteiger partial charge on any atom is 0.295 e. The lowest BCUT2D eigenvalue weighted by Gasteiger charge is -2.26. The van der Waals surface area contributed by atoms with Gasteiger partial charge in [-0.15, -0.1) is 0 Å². The van der Waals surface area contributed by atoms with Crippen molar-refractivity contribution < 1.29 is 33.6 Å². The lowest BCUT2D eigenvalue weighted by atomic mass is 9.94. The zero-order chi connectivity index (χ0) is 27.4. The average Bonchev–Trinajstić information content (AvgIpc) is 3.21. The van der Waals surface area contributed by atoms with E-state index >= 15 is 0 Å². The van der Waals surface area contributed by atoms with Crippen LogP contribution in [0.25, 0.3) is 5.76 Å². The number of rotatable bonds is 9. The van der Waals surface area contributed by atoms with Gasteiger partial charge in [0, 0.05) is 24.5 Å². The van der Waals surface area contributed by atoms with Crippen molar-refractivity contribution in [1.82, 2.24) is 9.88 Å². The number of benzene rings is 2. The van der Waals surface area contributed by atoms with Gasteiger partial charge in [-0.2, -0.15) is 0 Å². The van der Waals surface area contributed by atoms with Crippen LogP contribution in [0, 0.1) is 0 Å². The monoisotopic (exact) mass is 530 g/mol. The molecule has 2 aliphatic rings.